The number of halogens is 1. The molecule has 0 unspecified atom stereocenters. The molecule has 2 N–H and O–H groups in total. The summed E-state index contributed by atoms with van der Waals surface area (Å²) in [5.41, 5.74) is 1.31. The Morgan fingerprint density at radius 2 is 1.78 bits per heavy atom. The van der Waals surface area contributed by atoms with Gasteiger partial charge in [-0.2, -0.15) is 0 Å². The molecule has 0 bridgehead atoms. The number of amides is 1. The number of benzene rings is 2. The molecule has 1 amide bonds. The fourth-order valence-corrected chi connectivity index (χ4v) is 3.63. The van der Waals surface area contributed by atoms with Crippen LogP contribution in [0, 0.1) is 0 Å². The van der Waals surface area contributed by atoms with Crippen molar-refractivity contribution < 1.29 is 15.0 Å². The first kappa shape index (κ1) is 16.0. The Bertz CT molecular complexity index is 834. The van der Waals surface area contributed by atoms with Crippen LogP contribution in [0.5, 0.6) is 11.5 Å². The summed E-state index contributed by atoms with van der Waals surface area (Å²) in [5.74, 6) is -0.651. The zero-order chi connectivity index (χ0) is 16.6. The van der Waals surface area contributed by atoms with Crippen LogP contribution in [0.4, 0.5) is 5.69 Å². The second-order valence-electron chi connectivity index (χ2n) is 4.74. The fourth-order valence-electron chi connectivity index (χ4n) is 2.06. The number of rotatable bonds is 2. The van der Waals surface area contributed by atoms with Crippen molar-refractivity contribution >= 4 is 61.9 Å². The third-order valence-corrected chi connectivity index (χ3v) is 5.01. The third kappa shape index (κ3) is 3.26. The molecule has 23 heavy (non-hydrogen) atoms. The monoisotopic (exact) mass is 407 g/mol. The Hall–Kier alpha value is -1.83. The standard InChI is InChI=1S/C16H10BrNO3S2/c17-10-2-4-11(5-3-10)18-15(21)14(23-16(18)22)8-9-1-6-12(19)13(20)7-9/h1-8,19-20H/b14-8-. The Balaban J connectivity index is 1.92. The minimum atomic E-state index is -0.234. The van der Waals surface area contributed by atoms with E-state index in [4.69, 9.17) is 12.2 Å². The van der Waals surface area contributed by atoms with Gasteiger partial charge < -0.3 is 10.2 Å². The topological polar surface area (TPSA) is 60.8 Å². The molecule has 1 aliphatic heterocycles. The average molecular weight is 408 g/mol. The van der Waals surface area contributed by atoms with Gasteiger partial charge in [0.1, 0.15) is 0 Å². The molecule has 0 saturated carbocycles. The number of hydrogen-bond donors (Lipinski definition) is 2. The van der Waals surface area contributed by atoms with Crippen LogP contribution in [0.3, 0.4) is 0 Å². The SMILES string of the molecule is O=C1/C(=C/c2ccc(O)c(O)c2)SC(=S)N1c1ccc(Br)cc1. The molecule has 1 fully saturated rings. The van der Waals surface area contributed by atoms with Crippen LogP contribution >= 0.6 is 39.9 Å². The molecule has 0 radical (unpaired) electrons. The van der Waals surface area contributed by atoms with Crippen molar-refractivity contribution in [1.29, 1.82) is 0 Å². The normalized spacial score (nSPS) is 16.4. The first-order valence-electron chi connectivity index (χ1n) is 6.51. The number of phenolic OH excluding ortho intramolecular Hbond substituents is 2. The van der Waals surface area contributed by atoms with Gasteiger partial charge in [0.25, 0.3) is 5.91 Å². The Morgan fingerprint density at radius 1 is 1.09 bits per heavy atom. The van der Waals surface area contributed by atoms with Gasteiger partial charge in [0, 0.05) is 4.47 Å². The molecular formula is C16H10BrNO3S2. The highest BCUT2D eigenvalue weighted by molar-refractivity contribution is 9.10. The van der Waals surface area contributed by atoms with Gasteiger partial charge in [0.05, 0.1) is 10.6 Å². The van der Waals surface area contributed by atoms with E-state index >= 15 is 0 Å². The van der Waals surface area contributed by atoms with Crippen molar-refractivity contribution in [3.8, 4) is 11.5 Å². The van der Waals surface area contributed by atoms with Crippen molar-refractivity contribution in [2.24, 2.45) is 0 Å². The van der Waals surface area contributed by atoms with Gasteiger partial charge in [0.15, 0.2) is 15.8 Å². The van der Waals surface area contributed by atoms with E-state index in [0.717, 1.165) is 4.47 Å². The number of aromatic hydroxyl groups is 2. The van der Waals surface area contributed by atoms with E-state index in [2.05, 4.69) is 15.9 Å². The highest BCUT2D eigenvalue weighted by Gasteiger charge is 2.33. The quantitative estimate of drug-likeness (QED) is 0.442. The largest absolute Gasteiger partial charge is 0.504 e. The summed E-state index contributed by atoms with van der Waals surface area (Å²) >= 11 is 9.85. The molecule has 2 aromatic carbocycles. The van der Waals surface area contributed by atoms with E-state index in [9.17, 15) is 15.0 Å². The number of thiocarbonyl (C=S) groups is 1. The van der Waals surface area contributed by atoms with Gasteiger partial charge in [-0.3, -0.25) is 9.69 Å². The lowest BCUT2D eigenvalue weighted by Crippen LogP contribution is -2.27. The second-order valence-corrected chi connectivity index (χ2v) is 7.33. The maximum atomic E-state index is 12.6. The number of nitrogens with zero attached hydrogens (tertiary/aromatic N) is 1. The first-order valence-corrected chi connectivity index (χ1v) is 8.53. The van der Waals surface area contributed by atoms with Gasteiger partial charge in [-0.05, 0) is 48.0 Å². The lowest BCUT2D eigenvalue weighted by Gasteiger charge is -2.14. The predicted octanol–water partition coefficient (Wildman–Crippen LogP) is 4.27. The lowest BCUT2D eigenvalue weighted by molar-refractivity contribution is -0.113. The molecule has 0 spiro atoms. The van der Waals surface area contributed by atoms with Crippen LogP contribution in [-0.4, -0.2) is 20.4 Å². The summed E-state index contributed by atoms with van der Waals surface area (Å²) in [6.07, 6.45) is 1.64. The first-order chi connectivity index (χ1) is 11.0. The zero-order valence-corrected chi connectivity index (χ0v) is 14.8. The van der Waals surface area contributed by atoms with Crippen LogP contribution in [0.25, 0.3) is 6.08 Å². The van der Waals surface area contributed by atoms with E-state index in [1.165, 1.54) is 28.8 Å². The van der Waals surface area contributed by atoms with E-state index in [-0.39, 0.29) is 17.4 Å². The molecule has 0 aromatic heterocycles. The number of anilines is 1. The van der Waals surface area contributed by atoms with Crippen molar-refractivity contribution in [3.63, 3.8) is 0 Å². The molecule has 116 valence electrons. The Labute approximate surface area is 150 Å². The maximum absolute atomic E-state index is 12.6. The Kier molecular flexibility index (Phi) is 4.43. The van der Waals surface area contributed by atoms with E-state index in [1.807, 2.05) is 24.3 Å². The molecule has 1 saturated heterocycles. The summed E-state index contributed by atoms with van der Waals surface area (Å²) in [6, 6.07) is 11.7. The van der Waals surface area contributed by atoms with Gasteiger partial charge in [0.2, 0.25) is 0 Å². The molecule has 0 atom stereocenters. The summed E-state index contributed by atoms with van der Waals surface area (Å²) in [7, 11) is 0. The molecule has 2 aromatic rings. The lowest BCUT2D eigenvalue weighted by atomic mass is 10.2. The van der Waals surface area contributed by atoms with Crippen LogP contribution in [0.15, 0.2) is 51.8 Å². The van der Waals surface area contributed by atoms with Gasteiger partial charge in [-0.25, -0.2) is 0 Å². The molecular weight excluding hydrogens is 398 g/mol. The van der Waals surface area contributed by atoms with Crippen LogP contribution in [0.1, 0.15) is 5.56 Å². The smallest absolute Gasteiger partial charge is 0.270 e. The summed E-state index contributed by atoms with van der Waals surface area (Å²) < 4.78 is 1.37. The molecule has 7 heteroatoms. The highest BCUT2D eigenvalue weighted by atomic mass is 79.9. The number of thioether (sulfide) groups is 1. The maximum Gasteiger partial charge on any atom is 0.270 e. The van der Waals surface area contributed by atoms with Crippen LogP contribution in [0.2, 0.25) is 0 Å². The van der Waals surface area contributed by atoms with Crippen LogP contribution in [-0.2, 0) is 4.79 Å². The van der Waals surface area contributed by atoms with Crippen LogP contribution < -0.4 is 4.90 Å². The van der Waals surface area contributed by atoms with Crippen molar-refractivity contribution in [2.45, 2.75) is 0 Å². The summed E-state index contributed by atoms with van der Waals surface area (Å²) in [6.45, 7) is 0. The van der Waals surface area contributed by atoms with Crippen molar-refractivity contribution in [3.05, 3.63) is 57.4 Å². The molecule has 0 aliphatic carbocycles. The van der Waals surface area contributed by atoms with E-state index < -0.39 is 0 Å². The van der Waals surface area contributed by atoms with Gasteiger partial charge in [-0.15, -0.1) is 0 Å². The van der Waals surface area contributed by atoms with Gasteiger partial charge >= 0.3 is 0 Å². The predicted molar refractivity (Wildman–Crippen MR) is 99.6 cm³/mol. The minimum absolute atomic E-state index is 0.204. The summed E-state index contributed by atoms with van der Waals surface area (Å²) in [4.78, 5) is 14.5. The van der Waals surface area contributed by atoms with Crippen molar-refractivity contribution in [2.75, 3.05) is 4.90 Å². The average Bonchev–Trinajstić information content (AvgIpc) is 2.79. The Morgan fingerprint density at radius 3 is 2.43 bits per heavy atom. The fraction of sp³-hybridized carbons (Fsp3) is 0. The number of phenols is 2. The van der Waals surface area contributed by atoms with Gasteiger partial charge in [-0.1, -0.05) is 46.0 Å². The molecule has 1 heterocycles. The molecule has 3 rings (SSSR count). The highest BCUT2D eigenvalue weighted by Crippen LogP contribution is 2.37. The summed E-state index contributed by atoms with van der Waals surface area (Å²) in [5, 5.41) is 18.9. The second kappa shape index (κ2) is 6.35. The van der Waals surface area contributed by atoms with E-state index in [0.29, 0.717) is 20.5 Å². The van der Waals surface area contributed by atoms with Crippen molar-refractivity contribution in [1.82, 2.24) is 0 Å². The third-order valence-electron chi connectivity index (χ3n) is 3.18. The molecule has 4 nitrogen and oxygen atoms in total. The number of carbonyl (C=O) groups excluding carboxylic acids is 1. The van der Waals surface area contributed by atoms with E-state index in [1.54, 1.807) is 12.1 Å². The minimum Gasteiger partial charge on any atom is -0.504 e. The number of carbonyl (C=O) groups is 1. The number of hydrogen-bond acceptors (Lipinski definition) is 5. The zero-order valence-electron chi connectivity index (χ0n) is 11.6. The molecule has 1 aliphatic rings.